The van der Waals surface area contributed by atoms with Gasteiger partial charge in [0.1, 0.15) is 0 Å². The maximum Gasteiger partial charge on any atom is 0.152 e. The molecule has 0 spiro atoms. The van der Waals surface area contributed by atoms with Crippen LogP contribution in [0.1, 0.15) is 65.5 Å². The molecule has 2 aromatic carbocycles. The summed E-state index contributed by atoms with van der Waals surface area (Å²) in [4.78, 5) is 13.9. The molecule has 0 bridgehead atoms. The quantitative estimate of drug-likeness (QED) is 0.534. The van der Waals surface area contributed by atoms with E-state index in [-0.39, 0.29) is 16.2 Å². The lowest BCUT2D eigenvalue weighted by Gasteiger charge is -2.46. The van der Waals surface area contributed by atoms with E-state index in [4.69, 9.17) is 0 Å². The number of carbonyl (C=O) groups excluding carboxylic acids is 1. The molecular weight excluding hydrogens is 340 g/mol. The fourth-order valence-electron chi connectivity index (χ4n) is 5.76. The van der Waals surface area contributed by atoms with Crippen LogP contribution in [0.2, 0.25) is 0 Å². The van der Waals surface area contributed by atoms with Crippen molar-refractivity contribution in [3.63, 3.8) is 0 Å². The Morgan fingerprint density at radius 2 is 1.07 bits per heavy atom. The van der Waals surface area contributed by atoms with Crippen LogP contribution in [0.4, 0.5) is 0 Å². The van der Waals surface area contributed by atoms with Gasteiger partial charge in [-0.2, -0.15) is 0 Å². The molecular formula is C27H32O. The van der Waals surface area contributed by atoms with Gasteiger partial charge in [-0.05, 0) is 33.8 Å². The third kappa shape index (κ3) is 2.22. The lowest BCUT2D eigenvalue weighted by molar-refractivity contribution is -0.123. The number of rotatable bonds is 2. The monoisotopic (exact) mass is 372 g/mol. The molecule has 2 aliphatic rings. The number of benzene rings is 2. The molecule has 0 heterocycles. The van der Waals surface area contributed by atoms with E-state index >= 15 is 0 Å². The summed E-state index contributed by atoms with van der Waals surface area (Å²) < 4.78 is 0. The molecule has 0 atom stereocenters. The maximum atomic E-state index is 13.9. The van der Waals surface area contributed by atoms with Crippen molar-refractivity contribution in [1.29, 1.82) is 0 Å². The minimum atomic E-state index is -0.588. The van der Waals surface area contributed by atoms with Crippen molar-refractivity contribution in [2.45, 2.75) is 59.8 Å². The minimum Gasteiger partial charge on any atom is -0.298 e. The maximum absolute atomic E-state index is 13.9. The predicted molar refractivity (Wildman–Crippen MR) is 116 cm³/mol. The van der Waals surface area contributed by atoms with Gasteiger partial charge in [0.2, 0.25) is 0 Å². The second kappa shape index (κ2) is 5.92. The average molecular weight is 373 g/mol. The summed E-state index contributed by atoms with van der Waals surface area (Å²) in [6, 6.07) is 20.8. The predicted octanol–water partition coefficient (Wildman–Crippen LogP) is 6.72. The summed E-state index contributed by atoms with van der Waals surface area (Å²) >= 11 is 0. The number of carbonyl (C=O) groups is 1. The summed E-state index contributed by atoms with van der Waals surface area (Å²) in [6.07, 6.45) is 1.34. The lowest BCUT2D eigenvalue weighted by atomic mass is 9.57. The van der Waals surface area contributed by atoms with Gasteiger partial charge in [0.05, 0.1) is 5.41 Å². The fourth-order valence-corrected chi connectivity index (χ4v) is 5.76. The summed E-state index contributed by atoms with van der Waals surface area (Å²) in [5, 5.41) is 0. The lowest BCUT2D eigenvalue weighted by Crippen LogP contribution is -2.42. The van der Waals surface area contributed by atoms with Gasteiger partial charge in [-0.25, -0.2) is 0 Å². The molecule has 0 radical (unpaired) electrons. The Hall–Kier alpha value is -2.15. The SMILES string of the molecule is CC1(C)C2=C(CC(c3ccccc3)(c3ccccc3)C(=O)C2)C(C)(C)C1(C)C. The number of ketones is 1. The van der Waals surface area contributed by atoms with Crippen LogP contribution in [-0.4, -0.2) is 5.78 Å². The molecule has 1 heteroatoms. The summed E-state index contributed by atoms with van der Waals surface area (Å²) in [5.41, 5.74) is 4.68. The Kier molecular flexibility index (Phi) is 4.06. The van der Waals surface area contributed by atoms with Crippen molar-refractivity contribution < 1.29 is 4.79 Å². The number of allylic oxidation sites excluding steroid dienone is 2. The third-order valence-electron chi connectivity index (χ3n) is 8.79. The van der Waals surface area contributed by atoms with E-state index in [1.54, 1.807) is 0 Å². The Bertz CT molecular complexity index is 903. The minimum absolute atomic E-state index is 0.0149. The molecule has 0 saturated carbocycles. The normalized spacial score (nSPS) is 24.1. The van der Waals surface area contributed by atoms with Gasteiger partial charge in [0.25, 0.3) is 0 Å². The van der Waals surface area contributed by atoms with E-state index < -0.39 is 5.41 Å². The van der Waals surface area contributed by atoms with Gasteiger partial charge in [-0.1, -0.05) is 113 Å². The van der Waals surface area contributed by atoms with Crippen LogP contribution in [0.15, 0.2) is 71.8 Å². The van der Waals surface area contributed by atoms with Crippen molar-refractivity contribution in [2.75, 3.05) is 0 Å². The van der Waals surface area contributed by atoms with Crippen LogP contribution in [0.3, 0.4) is 0 Å². The molecule has 2 aromatic rings. The molecule has 28 heavy (non-hydrogen) atoms. The zero-order valence-corrected chi connectivity index (χ0v) is 18.1. The van der Waals surface area contributed by atoms with E-state index in [1.807, 2.05) is 12.1 Å². The number of hydrogen-bond acceptors (Lipinski definition) is 1. The highest BCUT2D eigenvalue weighted by Gasteiger charge is 2.62. The Balaban J connectivity index is 1.99. The van der Waals surface area contributed by atoms with E-state index in [1.165, 1.54) is 11.1 Å². The summed E-state index contributed by atoms with van der Waals surface area (Å²) in [7, 11) is 0. The smallest absolute Gasteiger partial charge is 0.152 e. The van der Waals surface area contributed by atoms with Crippen LogP contribution in [-0.2, 0) is 10.2 Å². The Morgan fingerprint density at radius 3 is 1.54 bits per heavy atom. The second-order valence-electron chi connectivity index (χ2n) is 10.2. The van der Waals surface area contributed by atoms with Crippen molar-refractivity contribution in [1.82, 2.24) is 0 Å². The first-order valence-electron chi connectivity index (χ1n) is 10.4. The number of hydrogen-bond donors (Lipinski definition) is 0. The van der Waals surface area contributed by atoms with E-state index in [0.717, 1.165) is 17.5 Å². The molecule has 146 valence electrons. The fraction of sp³-hybridized carbons (Fsp3) is 0.444. The summed E-state index contributed by atoms with van der Waals surface area (Å²) in [6.45, 7) is 14.2. The van der Waals surface area contributed by atoms with Gasteiger partial charge < -0.3 is 0 Å². The highest BCUT2D eigenvalue weighted by Crippen LogP contribution is 2.69. The number of Topliss-reactive ketones (excluding diaryl/α,β-unsaturated/α-hetero) is 1. The zero-order valence-electron chi connectivity index (χ0n) is 18.1. The average Bonchev–Trinajstić information content (AvgIpc) is 2.77. The van der Waals surface area contributed by atoms with Gasteiger partial charge in [0.15, 0.2) is 5.78 Å². The van der Waals surface area contributed by atoms with Gasteiger partial charge >= 0.3 is 0 Å². The highest BCUT2D eigenvalue weighted by atomic mass is 16.1. The van der Waals surface area contributed by atoms with Crippen molar-refractivity contribution >= 4 is 5.78 Å². The highest BCUT2D eigenvalue weighted by molar-refractivity contribution is 5.97. The van der Waals surface area contributed by atoms with Crippen LogP contribution < -0.4 is 0 Å². The largest absolute Gasteiger partial charge is 0.298 e. The standard InChI is InChI=1S/C27H32O/c1-24(2)21-17-23(28)27(19-13-9-7-10-14-19,20-15-11-8-12-16-20)18-22(21)25(3,4)26(24,5)6/h7-16H,17-18H2,1-6H3. The van der Waals surface area contributed by atoms with Crippen molar-refractivity contribution in [2.24, 2.45) is 16.2 Å². The van der Waals surface area contributed by atoms with E-state index in [9.17, 15) is 4.79 Å². The molecule has 0 aromatic heterocycles. The molecule has 2 aliphatic carbocycles. The van der Waals surface area contributed by atoms with Crippen LogP contribution in [0, 0.1) is 16.2 Å². The third-order valence-corrected chi connectivity index (χ3v) is 8.79. The summed E-state index contributed by atoms with van der Waals surface area (Å²) in [5.74, 6) is 0.338. The first kappa shape index (κ1) is 19.2. The van der Waals surface area contributed by atoms with Gasteiger partial charge in [-0.3, -0.25) is 4.79 Å². The van der Waals surface area contributed by atoms with Gasteiger partial charge in [-0.15, -0.1) is 0 Å². The molecule has 4 rings (SSSR count). The molecule has 0 aliphatic heterocycles. The zero-order chi connectivity index (χ0) is 20.4. The molecule has 0 saturated heterocycles. The van der Waals surface area contributed by atoms with Crippen LogP contribution >= 0.6 is 0 Å². The second-order valence-corrected chi connectivity index (χ2v) is 10.2. The van der Waals surface area contributed by atoms with Crippen LogP contribution in [0.5, 0.6) is 0 Å². The first-order valence-corrected chi connectivity index (χ1v) is 10.4. The first-order chi connectivity index (χ1) is 13.1. The van der Waals surface area contributed by atoms with E-state index in [0.29, 0.717) is 12.2 Å². The molecule has 0 N–H and O–H groups in total. The molecule has 1 nitrogen and oxygen atoms in total. The van der Waals surface area contributed by atoms with Crippen LogP contribution in [0.25, 0.3) is 0 Å². The molecule has 0 unspecified atom stereocenters. The molecule has 0 fully saturated rings. The topological polar surface area (TPSA) is 17.1 Å². The molecule has 0 amide bonds. The van der Waals surface area contributed by atoms with E-state index in [2.05, 4.69) is 90.1 Å². The Labute approximate surface area is 169 Å². The van der Waals surface area contributed by atoms with Crippen molar-refractivity contribution in [3.05, 3.63) is 82.9 Å². The Morgan fingerprint density at radius 1 is 0.643 bits per heavy atom. The van der Waals surface area contributed by atoms with Gasteiger partial charge in [0, 0.05) is 6.42 Å². The van der Waals surface area contributed by atoms with Crippen molar-refractivity contribution in [3.8, 4) is 0 Å².